The Morgan fingerprint density at radius 3 is 2.61 bits per heavy atom. The predicted octanol–water partition coefficient (Wildman–Crippen LogP) is 5.37. The standard InChI is InChI=1S/C15H20BrClO/c1-12-9-13(17)5-6-14(12)18-11-15(10-16)7-3-2-4-8-15/h5-6,9H,2-4,7-8,10-11H2,1H3. The zero-order valence-electron chi connectivity index (χ0n) is 10.8. The smallest absolute Gasteiger partial charge is 0.122 e. The van der Waals surface area contributed by atoms with Crippen LogP contribution in [0.2, 0.25) is 5.02 Å². The number of aryl methyl sites for hydroxylation is 1. The molecule has 0 N–H and O–H groups in total. The second kappa shape index (κ2) is 6.29. The van der Waals surface area contributed by atoms with Crippen molar-refractivity contribution in [3.05, 3.63) is 28.8 Å². The first kappa shape index (κ1) is 14.2. The third-order valence-electron chi connectivity index (χ3n) is 3.87. The second-order valence-corrected chi connectivity index (χ2v) is 6.39. The van der Waals surface area contributed by atoms with Crippen molar-refractivity contribution in [1.29, 1.82) is 0 Å². The summed E-state index contributed by atoms with van der Waals surface area (Å²) in [4.78, 5) is 0. The minimum atomic E-state index is 0.324. The van der Waals surface area contributed by atoms with Gasteiger partial charge in [0.1, 0.15) is 5.75 Å². The Balaban J connectivity index is 2.01. The average Bonchev–Trinajstić information content (AvgIpc) is 2.39. The minimum absolute atomic E-state index is 0.324. The number of halogens is 2. The van der Waals surface area contributed by atoms with Gasteiger partial charge >= 0.3 is 0 Å². The maximum Gasteiger partial charge on any atom is 0.122 e. The van der Waals surface area contributed by atoms with Crippen LogP contribution in [0, 0.1) is 12.3 Å². The van der Waals surface area contributed by atoms with Gasteiger partial charge in [-0.2, -0.15) is 0 Å². The molecule has 1 aliphatic rings. The molecule has 100 valence electrons. The minimum Gasteiger partial charge on any atom is -0.493 e. The van der Waals surface area contributed by atoms with E-state index >= 15 is 0 Å². The first-order chi connectivity index (χ1) is 8.65. The number of benzene rings is 1. The van der Waals surface area contributed by atoms with Crippen molar-refractivity contribution in [2.75, 3.05) is 11.9 Å². The van der Waals surface area contributed by atoms with Gasteiger partial charge in [-0.1, -0.05) is 46.8 Å². The highest BCUT2D eigenvalue weighted by Gasteiger charge is 2.31. The lowest BCUT2D eigenvalue weighted by Crippen LogP contribution is -2.32. The van der Waals surface area contributed by atoms with E-state index in [1.165, 1.54) is 32.1 Å². The van der Waals surface area contributed by atoms with Gasteiger partial charge in [0.05, 0.1) is 6.61 Å². The zero-order valence-corrected chi connectivity index (χ0v) is 13.2. The summed E-state index contributed by atoms with van der Waals surface area (Å²) in [6.07, 6.45) is 6.56. The third kappa shape index (κ3) is 3.42. The normalized spacial score (nSPS) is 18.6. The van der Waals surface area contributed by atoms with E-state index < -0.39 is 0 Å². The third-order valence-corrected chi connectivity index (χ3v) is 5.29. The highest BCUT2D eigenvalue weighted by atomic mass is 79.9. The molecule has 0 aliphatic heterocycles. The first-order valence-corrected chi connectivity index (χ1v) is 8.10. The molecule has 1 nitrogen and oxygen atoms in total. The Hall–Kier alpha value is -0.210. The topological polar surface area (TPSA) is 9.23 Å². The molecule has 1 fully saturated rings. The van der Waals surface area contributed by atoms with E-state index in [9.17, 15) is 0 Å². The maximum absolute atomic E-state index is 6.04. The summed E-state index contributed by atoms with van der Waals surface area (Å²) >= 11 is 9.63. The second-order valence-electron chi connectivity index (χ2n) is 5.39. The number of hydrogen-bond acceptors (Lipinski definition) is 1. The SMILES string of the molecule is Cc1cc(Cl)ccc1OCC1(CBr)CCCCC1. The molecule has 0 radical (unpaired) electrons. The zero-order chi connectivity index (χ0) is 13.0. The van der Waals surface area contributed by atoms with Crippen molar-refractivity contribution in [3.63, 3.8) is 0 Å². The van der Waals surface area contributed by atoms with Crippen molar-refractivity contribution >= 4 is 27.5 Å². The van der Waals surface area contributed by atoms with Crippen LogP contribution in [0.4, 0.5) is 0 Å². The van der Waals surface area contributed by atoms with Crippen LogP contribution in [0.15, 0.2) is 18.2 Å². The van der Waals surface area contributed by atoms with Gasteiger partial charge in [0.15, 0.2) is 0 Å². The summed E-state index contributed by atoms with van der Waals surface area (Å²) < 4.78 is 6.04. The van der Waals surface area contributed by atoms with E-state index in [1.54, 1.807) is 0 Å². The Kier molecular flexibility index (Phi) is 4.97. The molecule has 0 atom stereocenters. The molecule has 0 bridgehead atoms. The van der Waals surface area contributed by atoms with Crippen molar-refractivity contribution in [2.24, 2.45) is 5.41 Å². The Labute approximate surface area is 123 Å². The van der Waals surface area contributed by atoms with Crippen LogP contribution in [-0.4, -0.2) is 11.9 Å². The van der Waals surface area contributed by atoms with Crippen LogP contribution in [0.3, 0.4) is 0 Å². The largest absolute Gasteiger partial charge is 0.493 e. The van der Waals surface area contributed by atoms with Gasteiger partial charge in [-0.25, -0.2) is 0 Å². The Bertz CT molecular complexity index is 399. The van der Waals surface area contributed by atoms with Crippen LogP contribution in [0.5, 0.6) is 5.75 Å². The van der Waals surface area contributed by atoms with Crippen molar-refractivity contribution in [3.8, 4) is 5.75 Å². The lowest BCUT2D eigenvalue weighted by Gasteiger charge is -2.35. The molecule has 0 heterocycles. The molecule has 0 spiro atoms. The summed E-state index contributed by atoms with van der Waals surface area (Å²) in [5, 5.41) is 1.81. The quantitative estimate of drug-likeness (QED) is 0.674. The first-order valence-electron chi connectivity index (χ1n) is 6.60. The summed E-state index contributed by atoms with van der Waals surface area (Å²) in [6, 6.07) is 5.83. The van der Waals surface area contributed by atoms with E-state index in [0.29, 0.717) is 5.41 Å². The molecule has 1 aromatic carbocycles. The van der Waals surface area contributed by atoms with Gasteiger partial charge in [0.2, 0.25) is 0 Å². The van der Waals surface area contributed by atoms with Crippen LogP contribution >= 0.6 is 27.5 Å². The molecule has 1 aliphatic carbocycles. The maximum atomic E-state index is 6.04. The fourth-order valence-corrected chi connectivity index (χ4v) is 3.57. The molecule has 0 unspecified atom stereocenters. The monoisotopic (exact) mass is 330 g/mol. The summed E-state index contributed by atoms with van der Waals surface area (Å²) in [7, 11) is 0. The van der Waals surface area contributed by atoms with E-state index in [1.807, 2.05) is 25.1 Å². The van der Waals surface area contributed by atoms with Gasteiger partial charge in [0.25, 0.3) is 0 Å². The fourth-order valence-electron chi connectivity index (χ4n) is 2.62. The van der Waals surface area contributed by atoms with E-state index in [-0.39, 0.29) is 0 Å². The van der Waals surface area contributed by atoms with Crippen LogP contribution in [0.25, 0.3) is 0 Å². The van der Waals surface area contributed by atoms with E-state index in [0.717, 1.165) is 28.3 Å². The van der Waals surface area contributed by atoms with Crippen LogP contribution in [-0.2, 0) is 0 Å². The highest BCUT2D eigenvalue weighted by Crippen LogP contribution is 2.38. The molecule has 0 saturated heterocycles. The van der Waals surface area contributed by atoms with Gasteiger partial charge in [0, 0.05) is 15.8 Å². The molecule has 2 rings (SSSR count). The van der Waals surface area contributed by atoms with E-state index in [2.05, 4.69) is 15.9 Å². The molecule has 18 heavy (non-hydrogen) atoms. The molecular weight excluding hydrogens is 312 g/mol. The van der Waals surface area contributed by atoms with Crippen LogP contribution < -0.4 is 4.74 Å². The van der Waals surface area contributed by atoms with Crippen molar-refractivity contribution in [1.82, 2.24) is 0 Å². The van der Waals surface area contributed by atoms with Gasteiger partial charge in [-0.15, -0.1) is 0 Å². The molecular formula is C15H20BrClO. The van der Waals surface area contributed by atoms with Gasteiger partial charge in [-0.3, -0.25) is 0 Å². The average molecular weight is 332 g/mol. The predicted molar refractivity (Wildman–Crippen MR) is 81.0 cm³/mol. The van der Waals surface area contributed by atoms with Crippen LogP contribution in [0.1, 0.15) is 37.7 Å². The number of hydrogen-bond donors (Lipinski definition) is 0. The Morgan fingerprint density at radius 1 is 1.28 bits per heavy atom. The fraction of sp³-hybridized carbons (Fsp3) is 0.600. The molecule has 1 aromatic rings. The van der Waals surface area contributed by atoms with Gasteiger partial charge < -0.3 is 4.74 Å². The van der Waals surface area contributed by atoms with E-state index in [4.69, 9.17) is 16.3 Å². The van der Waals surface area contributed by atoms with Crippen molar-refractivity contribution < 1.29 is 4.74 Å². The molecule has 3 heteroatoms. The lowest BCUT2D eigenvalue weighted by molar-refractivity contribution is 0.121. The number of alkyl halides is 1. The van der Waals surface area contributed by atoms with Gasteiger partial charge in [-0.05, 0) is 43.5 Å². The number of ether oxygens (including phenoxy) is 1. The molecule has 1 saturated carbocycles. The summed E-state index contributed by atoms with van der Waals surface area (Å²) in [6.45, 7) is 2.85. The summed E-state index contributed by atoms with van der Waals surface area (Å²) in [5.41, 5.74) is 1.44. The highest BCUT2D eigenvalue weighted by molar-refractivity contribution is 9.09. The molecule has 0 amide bonds. The summed E-state index contributed by atoms with van der Waals surface area (Å²) in [5.74, 6) is 0.963. The van der Waals surface area contributed by atoms with Crippen molar-refractivity contribution in [2.45, 2.75) is 39.0 Å². The molecule has 0 aromatic heterocycles. The lowest BCUT2D eigenvalue weighted by atomic mass is 9.76. The Morgan fingerprint density at radius 2 is 2.00 bits per heavy atom. The number of rotatable bonds is 4.